The number of benzene rings is 6. The summed E-state index contributed by atoms with van der Waals surface area (Å²) in [5.41, 5.74) is 11.3. The van der Waals surface area contributed by atoms with Crippen LogP contribution in [0.2, 0.25) is 0 Å². The Balaban J connectivity index is 1.30. The fourth-order valence-electron chi connectivity index (χ4n) is 6.10. The van der Waals surface area contributed by atoms with Gasteiger partial charge in [0.2, 0.25) is 0 Å². The molecule has 6 aromatic carbocycles. The topological polar surface area (TPSA) is 3.24 Å². The van der Waals surface area contributed by atoms with Gasteiger partial charge >= 0.3 is 0 Å². The van der Waals surface area contributed by atoms with E-state index in [-0.39, 0.29) is 5.41 Å². The third kappa shape index (κ3) is 3.99. The molecule has 0 radical (unpaired) electrons. The van der Waals surface area contributed by atoms with Crippen LogP contribution in [0.5, 0.6) is 0 Å². The fraction of sp³-hybridized carbons (Fsp3) is 0.0811. The number of anilines is 3. The lowest BCUT2D eigenvalue weighted by Crippen LogP contribution is -2.15. The smallest absolute Gasteiger partial charge is 0.0540 e. The zero-order chi connectivity index (χ0) is 26.6. The maximum atomic E-state index is 3.67. The molecule has 0 spiro atoms. The fourth-order valence-corrected chi connectivity index (χ4v) is 6.46. The number of nitrogens with zero attached hydrogens (tertiary/aromatic N) is 1. The molecule has 0 fully saturated rings. The van der Waals surface area contributed by atoms with Gasteiger partial charge in [-0.2, -0.15) is 0 Å². The van der Waals surface area contributed by atoms with E-state index in [0.717, 1.165) is 15.8 Å². The van der Waals surface area contributed by atoms with Crippen molar-refractivity contribution in [3.8, 4) is 22.3 Å². The monoisotopic (exact) mass is 565 g/mol. The highest BCUT2D eigenvalue weighted by Crippen LogP contribution is 2.50. The van der Waals surface area contributed by atoms with E-state index in [1.165, 1.54) is 49.8 Å². The van der Waals surface area contributed by atoms with Gasteiger partial charge in [0.15, 0.2) is 0 Å². The van der Waals surface area contributed by atoms with Crippen molar-refractivity contribution in [1.29, 1.82) is 0 Å². The Morgan fingerprint density at radius 2 is 1.15 bits per heavy atom. The lowest BCUT2D eigenvalue weighted by molar-refractivity contribution is 0.660. The Labute approximate surface area is 238 Å². The van der Waals surface area contributed by atoms with Gasteiger partial charge in [0, 0.05) is 26.6 Å². The highest BCUT2D eigenvalue weighted by molar-refractivity contribution is 9.10. The SMILES string of the molecule is CC1(C)c2cc(Br)ccc2-c2ccc(-c3ccc(N(c4ccccc4)c4cccc5ccccc45)cc3)cc21. The summed E-state index contributed by atoms with van der Waals surface area (Å²) in [5, 5.41) is 2.47. The van der Waals surface area contributed by atoms with Crippen molar-refractivity contribution in [2.45, 2.75) is 19.3 Å². The van der Waals surface area contributed by atoms with E-state index in [0.29, 0.717) is 0 Å². The Bertz CT molecular complexity index is 1830. The first-order valence-corrected chi connectivity index (χ1v) is 14.2. The highest BCUT2D eigenvalue weighted by atomic mass is 79.9. The van der Waals surface area contributed by atoms with Crippen LogP contribution in [-0.2, 0) is 5.41 Å². The molecule has 0 aliphatic heterocycles. The molecule has 0 unspecified atom stereocenters. The van der Waals surface area contributed by atoms with Crippen LogP contribution < -0.4 is 4.90 Å². The molecule has 7 rings (SSSR count). The maximum absolute atomic E-state index is 3.67. The first-order chi connectivity index (χ1) is 19.0. The van der Waals surface area contributed by atoms with Crippen LogP contribution in [0, 0.1) is 0 Å². The van der Waals surface area contributed by atoms with E-state index in [4.69, 9.17) is 0 Å². The summed E-state index contributed by atoms with van der Waals surface area (Å²) >= 11 is 3.67. The molecule has 1 aliphatic carbocycles. The number of hydrogen-bond donors (Lipinski definition) is 0. The summed E-state index contributed by atoms with van der Waals surface area (Å²) in [7, 11) is 0. The lowest BCUT2D eigenvalue weighted by atomic mass is 9.81. The average Bonchev–Trinajstić information content (AvgIpc) is 3.19. The minimum absolute atomic E-state index is 0.0388. The van der Waals surface area contributed by atoms with Gasteiger partial charge in [-0.1, -0.05) is 115 Å². The lowest BCUT2D eigenvalue weighted by Gasteiger charge is -2.27. The Kier molecular flexibility index (Phi) is 5.68. The van der Waals surface area contributed by atoms with Crippen LogP contribution in [0.1, 0.15) is 25.0 Å². The summed E-state index contributed by atoms with van der Waals surface area (Å²) in [4.78, 5) is 2.35. The van der Waals surface area contributed by atoms with Crippen LogP contribution in [0.25, 0.3) is 33.0 Å². The molecule has 0 aromatic heterocycles. The predicted molar refractivity (Wildman–Crippen MR) is 169 cm³/mol. The summed E-state index contributed by atoms with van der Waals surface area (Å²) in [6.45, 7) is 4.66. The van der Waals surface area contributed by atoms with Gasteiger partial charge in [0.05, 0.1) is 5.69 Å². The molecule has 0 heterocycles. The van der Waals surface area contributed by atoms with Crippen molar-refractivity contribution in [3.05, 3.63) is 149 Å². The van der Waals surface area contributed by atoms with Crippen LogP contribution >= 0.6 is 15.9 Å². The van der Waals surface area contributed by atoms with E-state index in [1.807, 2.05) is 0 Å². The van der Waals surface area contributed by atoms with Crippen molar-refractivity contribution in [1.82, 2.24) is 0 Å². The molecule has 0 saturated heterocycles. The van der Waals surface area contributed by atoms with Gasteiger partial charge in [-0.05, 0) is 87.3 Å². The first-order valence-electron chi connectivity index (χ1n) is 13.4. The highest BCUT2D eigenvalue weighted by Gasteiger charge is 2.35. The van der Waals surface area contributed by atoms with Crippen molar-refractivity contribution in [2.24, 2.45) is 0 Å². The van der Waals surface area contributed by atoms with Crippen molar-refractivity contribution >= 4 is 43.8 Å². The van der Waals surface area contributed by atoms with Crippen molar-refractivity contribution < 1.29 is 0 Å². The molecular weight excluding hydrogens is 538 g/mol. The summed E-state index contributed by atoms with van der Waals surface area (Å²) < 4.78 is 1.13. The number of hydrogen-bond acceptors (Lipinski definition) is 1. The van der Waals surface area contributed by atoms with Crippen molar-refractivity contribution in [2.75, 3.05) is 4.90 Å². The Hall–Kier alpha value is -4.14. The summed E-state index contributed by atoms with van der Waals surface area (Å²) in [5.74, 6) is 0. The zero-order valence-corrected chi connectivity index (χ0v) is 23.6. The molecule has 0 atom stereocenters. The van der Waals surface area contributed by atoms with Crippen LogP contribution in [0.4, 0.5) is 17.1 Å². The second kappa shape index (κ2) is 9.25. The molecule has 188 valence electrons. The molecule has 0 bridgehead atoms. The van der Waals surface area contributed by atoms with Gasteiger partial charge < -0.3 is 4.90 Å². The van der Waals surface area contributed by atoms with Gasteiger partial charge in [-0.3, -0.25) is 0 Å². The predicted octanol–water partition coefficient (Wildman–Crippen LogP) is 11.0. The van der Waals surface area contributed by atoms with Gasteiger partial charge in [0.1, 0.15) is 0 Å². The standard InChI is InChI=1S/C37H28BrN/c1-37(2)34-23-27(17-21-32(34)33-22-18-28(38)24-35(33)37)25-15-19-30(20-16-25)39(29-11-4-3-5-12-29)36-14-8-10-26-9-6-7-13-31(26)36/h3-24H,1-2H3. The van der Waals surface area contributed by atoms with E-state index in [9.17, 15) is 0 Å². The van der Waals surface area contributed by atoms with Gasteiger partial charge in [0.25, 0.3) is 0 Å². The molecular formula is C37H28BrN. The largest absolute Gasteiger partial charge is 0.310 e. The Morgan fingerprint density at radius 3 is 1.95 bits per heavy atom. The number of para-hydroxylation sites is 1. The molecule has 0 saturated carbocycles. The van der Waals surface area contributed by atoms with E-state index >= 15 is 0 Å². The third-order valence-electron chi connectivity index (χ3n) is 8.12. The van der Waals surface area contributed by atoms with Crippen LogP contribution in [-0.4, -0.2) is 0 Å². The first kappa shape index (κ1) is 23.9. The second-order valence-electron chi connectivity index (χ2n) is 10.8. The number of halogens is 1. The van der Waals surface area contributed by atoms with Crippen LogP contribution in [0.3, 0.4) is 0 Å². The van der Waals surface area contributed by atoms with E-state index in [1.54, 1.807) is 0 Å². The molecule has 0 amide bonds. The number of rotatable bonds is 4. The van der Waals surface area contributed by atoms with E-state index in [2.05, 4.69) is 168 Å². The molecule has 1 aliphatic rings. The van der Waals surface area contributed by atoms with Crippen LogP contribution in [0.15, 0.2) is 138 Å². The summed E-state index contributed by atoms with van der Waals surface area (Å²) in [6.07, 6.45) is 0. The third-order valence-corrected chi connectivity index (χ3v) is 8.61. The Morgan fingerprint density at radius 1 is 0.538 bits per heavy atom. The average molecular weight is 567 g/mol. The molecule has 6 aromatic rings. The maximum Gasteiger partial charge on any atom is 0.0540 e. The minimum atomic E-state index is -0.0388. The summed E-state index contributed by atoms with van der Waals surface area (Å²) in [6, 6.07) is 48.4. The second-order valence-corrected chi connectivity index (χ2v) is 11.7. The van der Waals surface area contributed by atoms with E-state index < -0.39 is 0 Å². The number of fused-ring (bicyclic) bond motifs is 4. The van der Waals surface area contributed by atoms with Gasteiger partial charge in [-0.15, -0.1) is 0 Å². The normalized spacial score (nSPS) is 13.2. The van der Waals surface area contributed by atoms with Crippen molar-refractivity contribution in [3.63, 3.8) is 0 Å². The molecule has 2 heteroatoms. The zero-order valence-electron chi connectivity index (χ0n) is 22.0. The van der Waals surface area contributed by atoms with Gasteiger partial charge in [-0.25, -0.2) is 0 Å². The quantitative estimate of drug-likeness (QED) is 0.205. The molecule has 1 nitrogen and oxygen atoms in total. The minimum Gasteiger partial charge on any atom is -0.310 e. The molecule has 39 heavy (non-hydrogen) atoms. The molecule has 0 N–H and O–H groups in total.